The largest absolute Gasteiger partial charge is 0.748 e. The van der Waals surface area contributed by atoms with Gasteiger partial charge in [-0.3, -0.25) is 4.79 Å². The van der Waals surface area contributed by atoms with E-state index in [0.29, 0.717) is 13.0 Å². The Kier molecular flexibility index (Phi) is 9.53. The van der Waals surface area contributed by atoms with Crippen LogP contribution in [-0.4, -0.2) is 36.3 Å². The van der Waals surface area contributed by atoms with Gasteiger partial charge in [-0.15, -0.1) is 0 Å². The molecule has 0 amide bonds. The molecule has 0 spiro atoms. The van der Waals surface area contributed by atoms with Gasteiger partial charge in [0.25, 0.3) is 5.01 Å². The number of allylic oxidation sites excluding steroid dienone is 2. The molecule has 2 aromatic carbocycles. The molecule has 0 bridgehead atoms. The fraction of sp³-hybridized carbons (Fsp3) is 0.379. The molecule has 0 saturated heterocycles. The maximum Gasteiger partial charge on any atom is 0.303 e. The number of aryl methyl sites for hydroxylation is 3. The Hall–Kier alpha value is -2.66. The fourth-order valence-electron chi connectivity index (χ4n) is 4.65. The number of fused-ring (bicyclic) bond motifs is 2. The summed E-state index contributed by atoms with van der Waals surface area (Å²) in [6.45, 7) is 7.44. The summed E-state index contributed by atoms with van der Waals surface area (Å²) >= 11 is 3.39. The number of carboxylic acid groups (broad SMARTS) is 1. The Balaban J connectivity index is 1.61. The highest BCUT2D eigenvalue weighted by molar-refractivity contribution is 8.03. The van der Waals surface area contributed by atoms with Crippen LogP contribution in [0.25, 0.3) is 16.3 Å². The molecule has 1 N–H and O–H groups in total. The molecule has 0 atom stereocenters. The van der Waals surface area contributed by atoms with E-state index in [1.807, 2.05) is 6.92 Å². The predicted octanol–water partition coefficient (Wildman–Crippen LogP) is 6.24. The third-order valence-electron chi connectivity index (χ3n) is 6.52. The normalized spacial score (nSPS) is 14.9. The van der Waals surface area contributed by atoms with Crippen molar-refractivity contribution < 1.29 is 27.4 Å². The van der Waals surface area contributed by atoms with Gasteiger partial charge in [-0.25, -0.2) is 8.42 Å². The van der Waals surface area contributed by atoms with E-state index in [9.17, 15) is 17.8 Å². The second kappa shape index (κ2) is 12.7. The standard InChI is InChI=1S/C29H34N2O5S3/c1-20-9-11-25-23(16-20)30(13-6-4-5-8-29(32)33)27(37-25)18-22(3)19-28-31(14-7-15-39(34,35)36)24-17-21(2)10-12-26(24)38-28/h9-12,16-19H,4-8,13-15H2,1-3H3,(H-,32,33,34,35,36). The lowest BCUT2D eigenvalue weighted by atomic mass is 10.1. The third kappa shape index (κ3) is 7.94. The number of carboxylic acids is 1. The summed E-state index contributed by atoms with van der Waals surface area (Å²) in [4.78, 5) is 14.4. The van der Waals surface area contributed by atoms with Crippen molar-refractivity contribution in [1.29, 1.82) is 0 Å². The van der Waals surface area contributed by atoms with Gasteiger partial charge < -0.3 is 14.6 Å². The molecule has 0 saturated carbocycles. The smallest absolute Gasteiger partial charge is 0.303 e. The number of carbonyl (C=O) groups is 1. The first-order valence-electron chi connectivity index (χ1n) is 13.0. The molecule has 0 radical (unpaired) electrons. The van der Waals surface area contributed by atoms with Crippen molar-refractivity contribution in [2.45, 2.75) is 64.3 Å². The lowest BCUT2D eigenvalue weighted by Crippen LogP contribution is -2.36. The maximum atomic E-state index is 11.2. The van der Waals surface area contributed by atoms with Gasteiger partial charge in [0, 0.05) is 42.2 Å². The average molecular weight is 587 g/mol. The summed E-state index contributed by atoms with van der Waals surface area (Å²) in [5.41, 5.74) is 5.60. The summed E-state index contributed by atoms with van der Waals surface area (Å²) in [6, 6.07) is 12.7. The number of benzene rings is 2. The highest BCUT2D eigenvalue weighted by Crippen LogP contribution is 2.47. The van der Waals surface area contributed by atoms with E-state index in [0.717, 1.165) is 50.8 Å². The van der Waals surface area contributed by atoms with Gasteiger partial charge in [-0.1, -0.05) is 41.7 Å². The number of hydrogen-bond acceptors (Lipinski definition) is 7. The van der Waals surface area contributed by atoms with Crippen molar-refractivity contribution in [3.8, 4) is 0 Å². The van der Waals surface area contributed by atoms with Crippen molar-refractivity contribution in [1.82, 2.24) is 0 Å². The van der Waals surface area contributed by atoms with Crippen LogP contribution in [0.5, 0.6) is 0 Å². The zero-order chi connectivity index (χ0) is 28.2. The summed E-state index contributed by atoms with van der Waals surface area (Å²) in [7, 11) is -4.26. The van der Waals surface area contributed by atoms with Crippen molar-refractivity contribution in [3.05, 3.63) is 69.2 Å². The average Bonchev–Trinajstić information content (AvgIpc) is 3.34. The molecule has 2 heterocycles. The first-order chi connectivity index (χ1) is 18.5. The van der Waals surface area contributed by atoms with E-state index < -0.39 is 16.1 Å². The molecule has 10 heteroatoms. The molecular formula is C29H34N2O5S3. The van der Waals surface area contributed by atoms with Crippen molar-refractivity contribution in [3.63, 3.8) is 0 Å². The molecule has 1 aliphatic rings. The van der Waals surface area contributed by atoms with E-state index in [1.54, 1.807) is 23.1 Å². The molecular weight excluding hydrogens is 553 g/mol. The zero-order valence-corrected chi connectivity index (χ0v) is 24.9. The van der Waals surface area contributed by atoms with E-state index in [4.69, 9.17) is 5.11 Å². The summed E-state index contributed by atoms with van der Waals surface area (Å²) in [6.07, 6.45) is 7.20. The monoisotopic (exact) mass is 586 g/mol. The fourth-order valence-corrected chi connectivity index (χ4v) is 7.49. The van der Waals surface area contributed by atoms with Crippen LogP contribution in [-0.2, 0) is 21.5 Å². The highest BCUT2D eigenvalue weighted by atomic mass is 32.2. The summed E-state index contributed by atoms with van der Waals surface area (Å²) < 4.78 is 36.8. The minimum atomic E-state index is -4.26. The number of thioether (sulfide) groups is 1. The molecule has 39 heavy (non-hydrogen) atoms. The number of unbranched alkanes of at least 4 members (excludes halogenated alkanes) is 2. The molecule has 3 aromatic rings. The Bertz CT molecular complexity index is 1540. The van der Waals surface area contributed by atoms with Gasteiger partial charge in [0.2, 0.25) is 5.52 Å². The van der Waals surface area contributed by atoms with E-state index in [1.165, 1.54) is 16.1 Å². The van der Waals surface area contributed by atoms with Gasteiger partial charge in [-0.2, -0.15) is 4.57 Å². The third-order valence-corrected chi connectivity index (χ3v) is 9.54. The molecule has 0 unspecified atom stereocenters. The number of rotatable bonds is 12. The number of hydrogen-bond donors (Lipinski definition) is 1. The predicted molar refractivity (Wildman–Crippen MR) is 158 cm³/mol. The van der Waals surface area contributed by atoms with Crippen LogP contribution < -0.4 is 9.47 Å². The number of aromatic nitrogens is 1. The van der Waals surface area contributed by atoms with Crippen molar-refractivity contribution in [2.24, 2.45) is 0 Å². The van der Waals surface area contributed by atoms with Gasteiger partial charge in [0.05, 0.1) is 20.8 Å². The van der Waals surface area contributed by atoms with Crippen LogP contribution in [0.3, 0.4) is 0 Å². The van der Waals surface area contributed by atoms with Crippen molar-refractivity contribution in [2.75, 3.05) is 17.2 Å². The number of thiazole rings is 1. The topological polar surface area (TPSA) is 102 Å². The SMILES string of the molecule is CC(=Cc1sc2ccc(C)cc2[n+]1CCCS(=O)(=O)[O-])C=C1Sc2ccc(C)cc2N1CCCCCC(=O)O. The highest BCUT2D eigenvalue weighted by Gasteiger charge is 2.25. The van der Waals surface area contributed by atoms with Crippen LogP contribution in [0.2, 0.25) is 0 Å². The quantitative estimate of drug-likeness (QED) is 0.152. The Morgan fingerprint density at radius 1 is 1.08 bits per heavy atom. The Labute approximate surface area is 238 Å². The second-order valence-corrected chi connectivity index (χ2v) is 13.6. The lowest BCUT2D eigenvalue weighted by molar-refractivity contribution is -0.668. The Morgan fingerprint density at radius 2 is 1.82 bits per heavy atom. The minimum absolute atomic E-state index is 0.199. The summed E-state index contributed by atoms with van der Waals surface area (Å²) in [5.74, 6) is -1.14. The van der Waals surface area contributed by atoms with E-state index in [-0.39, 0.29) is 18.6 Å². The van der Waals surface area contributed by atoms with Gasteiger partial charge in [0.1, 0.15) is 4.70 Å². The first kappa shape index (κ1) is 29.3. The minimum Gasteiger partial charge on any atom is -0.748 e. The molecule has 0 aliphatic carbocycles. The van der Waals surface area contributed by atoms with Gasteiger partial charge >= 0.3 is 5.97 Å². The van der Waals surface area contributed by atoms with Crippen LogP contribution in [0.4, 0.5) is 5.69 Å². The lowest BCUT2D eigenvalue weighted by Gasteiger charge is -2.21. The first-order valence-corrected chi connectivity index (χ1v) is 16.3. The molecule has 208 valence electrons. The zero-order valence-electron chi connectivity index (χ0n) is 22.5. The Morgan fingerprint density at radius 3 is 2.56 bits per heavy atom. The van der Waals surface area contributed by atoms with E-state index in [2.05, 4.69) is 71.9 Å². The maximum absolute atomic E-state index is 11.2. The summed E-state index contributed by atoms with van der Waals surface area (Å²) in [5, 5.41) is 11.1. The molecule has 7 nitrogen and oxygen atoms in total. The molecule has 1 aliphatic heterocycles. The molecule has 4 rings (SSSR count). The van der Waals surface area contributed by atoms with Crippen LogP contribution in [0, 0.1) is 13.8 Å². The van der Waals surface area contributed by atoms with Crippen LogP contribution in [0.1, 0.15) is 55.2 Å². The second-order valence-electron chi connectivity index (χ2n) is 9.98. The van der Waals surface area contributed by atoms with Crippen LogP contribution in [0.15, 0.2) is 58.0 Å². The van der Waals surface area contributed by atoms with Crippen molar-refractivity contribution >= 4 is 61.2 Å². The number of nitrogens with zero attached hydrogens (tertiary/aromatic N) is 2. The van der Waals surface area contributed by atoms with Crippen LogP contribution >= 0.6 is 23.1 Å². The van der Waals surface area contributed by atoms with E-state index >= 15 is 0 Å². The van der Waals surface area contributed by atoms with Gasteiger partial charge in [0.15, 0.2) is 6.54 Å². The number of anilines is 1. The molecule has 0 fully saturated rings. The molecule has 1 aromatic heterocycles. The number of aliphatic carboxylic acids is 1. The van der Waals surface area contributed by atoms with Gasteiger partial charge in [-0.05, 0) is 74.6 Å².